The van der Waals surface area contributed by atoms with Gasteiger partial charge in [-0.15, -0.1) is 0 Å². The molecule has 0 bridgehead atoms. The Balaban J connectivity index is 2.27. The van der Waals surface area contributed by atoms with Crippen LogP contribution in [0.3, 0.4) is 0 Å². The van der Waals surface area contributed by atoms with Crippen LogP contribution in [0.25, 0.3) is 0 Å². The third kappa shape index (κ3) is 1.43. The summed E-state index contributed by atoms with van der Waals surface area (Å²) in [7, 11) is 1.97. The summed E-state index contributed by atoms with van der Waals surface area (Å²) in [6.45, 7) is 2.07. The highest BCUT2D eigenvalue weighted by molar-refractivity contribution is 5.53. The summed E-state index contributed by atoms with van der Waals surface area (Å²) in [6.07, 6.45) is 5.33. The second kappa shape index (κ2) is 3.40. The fraction of sp³-hybridized carbons (Fsp3) is 0.700. The number of aromatic nitrogens is 2. The maximum absolute atomic E-state index is 4.38. The molecule has 2 rings (SSSR count). The van der Waals surface area contributed by atoms with Gasteiger partial charge in [0, 0.05) is 13.0 Å². The molecule has 1 aliphatic carbocycles. The molecule has 1 aliphatic rings. The van der Waals surface area contributed by atoms with Gasteiger partial charge in [0.15, 0.2) is 0 Å². The maximum Gasteiger partial charge on any atom is 0.0887 e. The van der Waals surface area contributed by atoms with Crippen LogP contribution in [0.4, 0.5) is 5.69 Å². The molecule has 1 aromatic rings. The first kappa shape index (κ1) is 8.60. The van der Waals surface area contributed by atoms with Crippen molar-refractivity contribution in [2.24, 2.45) is 0 Å². The molecule has 1 saturated carbocycles. The summed E-state index contributed by atoms with van der Waals surface area (Å²) < 4.78 is 0. The van der Waals surface area contributed by atoms with Gasteiger partial charge in [0.05, 0.1) is 17.1 Å². The molecule has 0 spiro atoms. The van der Waals surface area contributed by atoms with Crippen molar-refractivity contribution in [2.75, 3.05) is 12.4 Å². The molecule has 72 valence electrons. The Morgan fingerprint density at radius 1 is 1.38 bits per heavy atom. The van der Waals surface area contributed by atoms with Crippen LogP contribution in [0.15, 0.2) is 0 Å². The quantitative estimate of drug-likeness (QED) is 0.732. The second-order valence-electron chi connectivity index (χ2n) is 3.84. The molecule has 13 heavy (non-hydrogen) atoms. The van der Waals surface area contributed by atoms with Gasteiger partial charge in [-0.1, -0.05) is 12.8 Å². The molecular formula is C10H17N3. The Hall–Kier alpha value is -0.990. The van der Waals surface area contributed by atoms with E-state index in [9.17, 15) is 0 Å². The lowest BCUT2D eigenvalue weighted by Crippen LogP contribution is -1.98. The molecule has 3 heteroatoms. The van der Waals surface area contributed by atoms with Crippen LogP contribution in [-0.2, 0) is 0 Å². The number of nitrogens with one attached hydrogen (secondary N) is 2. The van der Waals surface area contributed by atoms with Crippen molar-refractivity contribution in [2.45, 2.75) is 38.5 Å². The molecule has 0 aromatic carbocycles. The predicted octanol–water partition coefficient (Wildman–Crippen LogP) is 2.42. The van der Waals surface area contributed by atoms with Gasteiger partial charge in [0.1, 0.15) is 0 Å². The standard InChI is InChI=1S/C10H17N3/c1-7-9(11-2)10(13-12-7)8-5-3-4-6-8/h8,11H,3-6H2,1-2H3,(H,12,13). The molecule has 0 amide bonds. The minimum atomic E-state index is 0.687. The molecule has 1 heterocycles. The van der Waals surface area contributed by atoms with Gasteiger partial charge in [-0.25, -0.2) is 0 Å². The average Bonchev–Trinajstić information content (AvgIpc) is 2.71. The lowest BCUT2D eigenvalue weighted by atomic mass is 10.0. The third-order valence-electron chi connectivity index (χ3n) is 2.97. The van der Waals surface area contributed by atoms with Crippen LogP contribution in [0.1, 0.15) is 43.0 Å². The number of nitrogens with zero attached hydrogens (tertiary/aromatic N) is 1. The molecule has 2 N–H and O–H groups in total. The Morgan fingerprint density at radius 3 is 2.69 bits per heavy atom. The fourth-order valence-corrected chi connectivity index (χ4v) is 2.26. The largest absolute Gasteiger partial charge is 0.385 e. The zero-order valence-corrected chi connectivity index (χ0v) is 8.35. The number of hydrogen-bond acceptors (Lipinski definition) is 2. The smallest absolute Gasteiger partial charge is 0.0887 e. The first-order chi connectivity index (χ1) is 6.33. The molecule has 1 aromatic heterocycles. The van der Waals surface area contributed by atoms with E-state index in [0.29, 0.717) is 5.92 Å². The third-order valence-corrected chi connectivity index (χ3v) is 2.97. The molecule has 1 fully saturated rings. The first-order valence-corrected chi connectivity index (χ1v) is 5.05. The van der Waals surface area contributed by atoms with E-state index in [1.807, 2.05) is 7.05 Å². The zero-order chi connectivity index (χ0) is 9.26. The number of aryl methyl sites for hydroxylation is 1. The van der Waals surface area contributed by atoms with Crippen LogP contribution in [0.5, 0.6) is 0 Å². The highest BCUT2D eigenvalue weighted by Crippen LogP contribution is 2.37. The highest BCUT2D eigenvalue weighted by Gasteiger charge is 2.22. The molecule has 0 unspecified atom stereocenters. The van der Waals surface area contributed by atoms with Gasteiger partial charge in [0.25, 0.3) is 0 Å². The van der Waals surface area contributed by atoms with Crippen LogP contribution in [-0.4, -0.2) is 17.2 Å². The Bertz CT molecular complexity index is 284. The van der Waals surface area contributed by atoms with Gasteiger partial charge in [-0.3, -0.25) is 5.10 Å². The first-order valence-electron chi connectivity index (χ1n) is 5.05. The molecule has 0 aliphatic heterocycles. The lowest BCUT2D eigenvalue weighted by molar-refractivity contribution is 0.694. The highest BCUT2D eigenvalue weighted by atomic mass is 15.1. The van der Waals surface area contributed by atoms with E-state index in [-0.39, 0.29) is 0 Å². The normalized spacial score (nSPS) is 18.0. The summed E-state index contributed by atoms with van der Waals surface area (Å²) >= 11 is 0. The SMILES string of the molecule is CNc1c(C2CCCC2)n[nH]c1C. The maximum atomic E-state index is 4.38. The van der Waals surface area contributed by atoms with E-state index in [4.69, 9.17) is 0 Å². The van der Waals surface area contributed by atoms with Crippen molar-refractivity contribution in [3.8, 4) is 0 Å². The molecular weight excluding hydrogens is 162 g/mol. The number of H-pyrrole nitrogens is 1. The van der Waals surface area contributed by atoms with Crippen LogP contribution in [0, 0.1) is 6.92 Å². The number of aromatic amines is 1. The van der Waals surface area contributed by atoms with E-state index in [1.165, 1.54) is 37.1 Å². The average molecular weight is 179 g/mol. The van der Waals surface area contributed by atoms with E-state index in [1.54, 1.807) is 0 Å². The van der Waals surface area contributed by atoms with Gasteiger partial charge < -0.3 is 5.32 Å². The Morgan fingerprint density at radius 2 is 2.08 bits per heavy atom. The topological polar surface area (TPSA) is 40.7 Å². The van der Waals surface area contributed by atoms with Crippen molar-refractivity contribution in [3.05, 3.63) is 11.4 Å². The van der Waals surface area contributed by atoms with E-state index < -0.39 is 0 Å². The minimum Gasteiger partial charge on any atom is -0.385 e. The monoisotopic (exact) mass is 179 g/mol. The fourth-order valence-electron chi connectivity index (χ4n) is 2.26. The number of anilines is 1. The number of hydrogen-bond donors (Lipinski definition) is 2. The van der Waals surface area contributed by atoms with E-state index in [0.717, 1.165) is 5.69 Å². The van der Waals surface area contributed by atoms with Gasteiger partial charge in [0.2, 0.25) is 0 Å². The van der Waals surface area contributed by atoms with Gasteiger partial charge >= 0.3 is 0 Å². The summed E-state index contributed by atoms with van der Waals surface area (Å²) in [5, 5.41) is 10.7. The Kier molecular flexibility index (Phi) is 2.25. The van der Waals surface area contributed by atoms with Crippen LogP contribution < -0.4 is 5.32 Å². The lowest BCUT2D eigenvalue weighted by Gasteiger charge is -2.08. The van der Waals surface area contributed by atoms with E-state index >= 15 is 0 Å². The second-order valence-corrected chi connectivity index (χ2v) is 3.84. The zero-order valence-electron chi connectivity index (χ0n) is 8.35. The Labute approximate surface area is 78.9 Å². The van der Waals surface area contributed by atoms with Crippen molar-refractivity contribution in [1.82, 2.24) is 10.2 Å². The van der Waals surface area contributed by atoms with Crippen molar-refractivity contribution >= 4 is 5.69 Å². The van der Waals surface area contributed by atoms with Crippen molar-refractivity contribution in [1.29, 1.82) is 0 Å². The predicted molar refractivity (Wildman–Crippen MR) is 54.1 cm³/mol. The van der Waals surface area contributed by atoms with Gasteiger partial charge in [-0.05, 0) is 19.8 Å². The number of rotatable bonds is 2. The summed E-state index contributed by atoms with van der Waals surface area (Å²) in [5.41, 5.74) is 3.62. The summed E-state index contributed by atoms with van der Waals surface area (Å²) in [4.78, 5) is 0. The minimum absolute atomic E-state index is 0.687. The van der Waals surface area contributed by atoms with Crippen LogP contribution in [0.2, 0.25) is 0 Å². The molecule has 0 atom stereocenters. The van der Waals surface area contributed by atoms with Gasteiger partial charge in [-0.2, -0.15) is 5.10 Å². The molecule has 0 radical (unpaired) electrons. The van der Waals surface area contributed by atoms with Crippen molar-refractivity contribution < 1.29 is 0 Å². The molecule has 0 saturated heterocycles. The summed E-state index contributed by atoms with van der Waals surface area (Å²) in [5.74, 6) is 0.687. The van der Waals surface area contributed by atoms with Crippen molar-refractivity contribution in [3.63, 3.8) is 0 Å². The molecule has 3 nitrogen and oxygen atoms in total. The summed E-state index contributed by atoms with van der Waals surface area (Å²) in [6, 6.07) is 0. The van der Waals surface area contributed by atoms with E-state index in [2.05, 4.69) is 22.4 Å². The van der Waals surface area contributed by atoms with Crippen LogP contribution >= 0.6 is 0 Å².